The molecule has 7 nitrogen and oxygen atoms in total. The van der Waals surface area contributed by atoms with Crippen LogP contribution >= 0.6 is 0 Å². The fourth-order valence-electron chi connectivity index (χ4n) is 2.29. The van der Waals surface area contributed by atoms with Gasteiger partial charge in [-0.3, -0.25) is 0 Å². The Morgan fingerprint density at radius 1 is 1.04 bits per heavy atom. The molecular formula is C16H19N5O2. The second-order valence-corrected chi connectivity index (χ2v) is 5.19. The number of methoxy groups -OCH3 is 2. The lowest BCUT2D eigenvalue weighted by molar-refractivity contribution is 0.355. The zero-order valence-electron chi connectivity index (χ0n) is 13.6. The van der Waals surface area contributed by atoms with E-state index < -0.39 is 0 Å². The number of hydrogen-bond acceptors (Lipinski definition) is 6. The Kier molecular flexibility index (Phi) is 3.92. The quantitative estimate of drug-likeness (QED) is 0.781. The molecule has 0 aliphatic rings. The molecule has 3 aromatic rings. The van der Waals surface area contributed by atoms with Crippen LogP contribution in [0.25, 0.3) is 5.65 Å². The van der Waals surface area contributed by atoms with Gasteiger partial charge in [0, 0.05) is 25.8 Å². The van der Waals surface area contributed by atoms with E-state index in [-0.39, 0.29) is 0 Å². The molecule has 7 heteroatoms. The monoisotopic (exact) mass is 313 g/mol. The number of hydrogen-bond donors (Lipinski definition) is 1. The number of anilines is 3. The summed E-state index contributed by atoms with van der Waals surface area (Å²) in [5, 5.41) is 7.84. The SMILES string of the molecule is COc1ccc(Nc2ccc3ncc(N(C)C)n3n2)cc1OC. The van der Waals surface area contributed by atoms with Crippen molar-refractivity contribution in [1.29, 1.82) is 0 Å². The highest BCUT2D eigenvalue weighted by Crippen LogP contribution is 2.30. The van der Waals surface area contributed by atoms with Crippen LogP contribution < -0.4 is 19.7 Å². The lowest BCUT2D eigenvalue weighted by Crippen LogP contribution is -2.12. The van der Waals surface area contributed by atoms with Gasteiger partial charge in [-0.2, -0.15) is 4.52 Å². The number of ether oxygens (including phenoxy) is 2. The first kappa shape index (κ1) is 15.0. The molecule has 0 spiro atoms. The molecule has 3 rings (SSSR count). The molecular weight excluding hydrogens is 294 g/mol. The molecule has 2 heterocycles. The predicted molar refractivity (Wildman–Crippen MR) is 90.1 cm³/mol. The molecule has 0 aliphatic carbocycles. The highest BCUT2D eigenvalue weighted by molar-refractivity contribution is 5.62. The highest BCUT2D eigenvalue weighted by atomic mass is 16.5. The number of nitrogens with one attached hydrogen (secondary N) is 1. The second-order valence-electron chi connectivity index (χ2n) is 5.19. The van der Waals surface area contributed by atoms with E-state index in [1.54, 1.807) is 24.9 Å². The Morgan fingerprint density at radius 2 is 1.83 bits per heavy atom. The fourth-order valence-corrected chi connectivity index (χ4v) is 2.29. The van der Waals surface area contributed by atoms with Gasteiger partial charge in [0.2, 0.25) is 0 Å². The van der Waals surface area contributed by atoms with Crippen LogP contribution in [0.2, 0.25) is 0 Å². The third kappa shape index (κ3) is 2.85. The van der Waals surface area contributed by atoms with Crippen LogP contribution in [-0.4, -0.2) is 42.9 Å². The van der Waals surface area contributed by atoms with Gasteiger partial charge in [0.25, 0.3) is 0 Å². The minimum atomic E-state index is 0.662. The number of nitrogens with zero attached hydrogens (tertiary/aromatic N) is 4. The summed E-state index contributed by atoms with van der Waals surface area (Å²) in [6.45, 7) is 0. The van der Waals surface area contributed by atoms with Crippen LogP contribution in [0, 0.1) is 0 Å². The Hall–Kier alpha value is -2.96. The first-order chi connectivity index (χ1) is 11.1. The largest absolute Gasteiger partial charge is 0.493 e. The Bertz CT molecular complexity index is 828. The molecule has 0 atom stereocenters. The molecule has 0 unspecified atom stereocenters. The molecule has 0 fully saturated rings. The summed E-state index contributed by atoms with van der Waals surface area (Å²) >= 11 is 0. The third-order valence-electron chi connectivity index (χ3n) is 3.46. The van der Waals surface area contributed by atoms with Crippen molar-refractivity contribution in [2.75, 3.05) is 38.5 Å². The zero-order chi connectivity index (χ0) is 16.4. The van der Waals surface area contributed by atoms with Crippen molar-refractivity contribution in [2.24, 2.45) is 0 Å². The normalized spacial score (nSPS) is 10.6. The summed E-state index contributed by atoms with van der Waals surface area (Å²) in [6.07, 6.45) is 1.79. The number of aromatic nitrogens is 3. The van der Waals surface area contributed by atoms with Gasteiger partial charge >= 0.3 is 0 Å². The first-order valence-corrected chi connectivity index (χ1v) is 7.13. The maximum atomic E-state index is 5.32. The van der Waals surface area contributed by atoms with Crippen molar-refractivity contribution < 1.29 is 9.47 Å². The average molecular weight is 313 g/mol. The molecule has 120 valence electrons. The van der Waals surface area contributed by atoms with E-state index in [0.717, 1.165) is 17.2 Å². The lowest BCUT2D eigenvalue weighted by Gasteiger charge is -2.13. The van der Waals surface area contributed by atoms with Crippen LogP contribution in [0.5, 0.6) is 11.5 Å². The van der Waals surface area contributed by atoms with Crippen LogP contribution in [0.4, 0.5) is 17.3 Å². The molecule has 1 N–H and O–H groups in total. The minimum absolute atomic E-state index is 0.662. The molecule has 0 saturated carbocycles. The molecule has 0 amide bonds. The lowest BCUT2D eigenvalue weighted by atomic mass is 10.2. The van der Waals surface area contributed by atoms with E-state index in [9.17, 15) is 0 Å². The second kappa shape index (κ2) is 6.04. The van der Waals surface area contributed by atoms with E-state index in [1.165, 1.54) is 0 Å². The number of imidazole rings is 1. The van der Waals surface area contributed by atoms with Gasteiger partial charge in [0.05, 0.1) is 20.4 Å². The number of rotatable bonds is 5. The Labute approximate surface area is 134 Å². The minimum Gasteiger partial charge on any atom is -0.493 e. The maximum absolute atomic E-state index is 5.32. The van der Waals surface area contributed by atoms with Crippen molar-refractivity contribution in [3.8, 4) is 11.5 Å². The van der Waals surface area contributed by atoms with E-state index in [2.05, 4.69) is 15.4 Å². The van der Waals surface area contributed by atoms with Gasteiger partial charge in [-0.05, 0) is 24.3 Å². The van der Waals surface area contributed by atoms with Gasteiger partial charge in [0.1, 0.15) is 0 Å². The number of fused-ring (bicyclic) bond motifs is 1. The highest BCUT2D eigenvalue weighted by Gasteiger charge is 2.09. The summed E-state index contributed by atoms with van der Waals surface area (Å²) in [7, 11) is 7.14. The van der Waals surface area contributed by atoms with Crippen molar-refractivity contribution in [3.05, 3.63) is 36.5 Å². The smallest absolute Gasteiger partial charge is 0.162 e. The van der Waals surface area contributed by atoms with Crippen molar-refractivity contribution in [2.45, 2.75) is 0 Å². The standard InChI is InChI=1S/C16H19N5O2/c1-20(2)16-10-17-15-8-7-14(19-21(15)16)18-11-5-6-12(22-3)13(9-11)23-4/h5-10H,1-4H3,(H,18,19). The van der Waals surface area contributed by atoms with Gasteiger partial charge in [-0.25, -0.2) is 4.98 Å². The Balaban J connectivity index is 1.93. The topological polar surface area (TPSA) is 63.9 Å². The summed E-state index contributed by atoms with van der Waals surface area (Å²) in [4.78, 5) is 6.30. The predicted octanol–water partition coefficient (Wildman–Crippen LogP) is 2.56. The zero-order valence-corrected chi connectivity index (χ0v) is 13.6. The summed E-state index contributed by atoms with van der Waals surface area (Å²) in [5.74, 6) is 2.97. The average Bonchev–Trinajstić information content (AvgIpc) is 2.98. The van der Waals surface area contributed by atoms with Crippen molar-refractivity contribution in [3.63, 3.8) is 0 Å². The van der Waals surface area contributed by atoms with Crippen LogP contribution in [0.1, 0.15) is 0 Å². The van der Waals surface area contributed by atoms with Crippen molar-refractivity contribution >= 4 is 23.0 Å². The van der Waals surface area contributed by atoms with Crippen LogP contribution in [0.3, 0.4) is 0 Å². The molecule has 2 aromatic heterocycles. The maximum Gasteiger partial charge on any atom is 0.162 e. The summed E-state index contributed by atoms with van der Waals surface area (Å²) in [5.41, 5.74) is 1.66. The van der Waals surface area contributed by atoms with Gasteiger partial charge in [0.15, 0.2) is 28.8 Å². The molecule has 23 heavy (non-hydrogen) atoms. The molecule has 1 aromatic carbocycles. The molecule has 0 aliphatic heterocycles. The van der Waals surface area contributed by atoms with E-state index in [0.29, 0.717) is 17.3 Å². The first-order valence-electron chi connectivity index (χ1n) is 7.13. The fraction of sp³-hybridized carbons (Fsp3) is 0.250. The van der Waals surface area contributed by atoms with Crippen LogP contribution in [-0.2, 0) is 0 Å². The summed E-state index contributed by atoms with van der Waals surface area (Å²) in [6, 6.07) is 9.43. The van der Waals surface area contributed by atoms with E-state index in [4.69, 9.17) is 9.47 Å². The Morgan fingerprint density at radius 3 is 2.52 bits per heavy atom. The van der Waals surface area contributed by atoms with E-state index in [1.807, 2.05) is 49.3 Å². The van der Waals surface area contributed by atoms with Crippen molar-refractivity contribution in [1.82, 2.24) is 14.6 Å². The summed E-state index contributed by atoms with van der Waals surface area (Å²) < 4.78 is 12.4. The van der Waals surface area contributed by atoms with Gasteiger partial charge in [-0.1, -0.05) is 0 Å². The van der Waals surface area contributed by atoms with Gasteiger partial charge < -0.3 is 19.7 Å². The van der Waals surface area contributed by atoms with E-state index >= 15 is 0 Å². The van der Waals surface area contributed by atoms with Gasteiger partial charge in [-0.15, -0.1) is 5.10 Å². The molecule has 0 saturated heterocycles. The van der Waals surface area contributed by atoms with Crippen LogP contribution in [0.15, 0.2) is 36.5 Å². The molecule has 0 bridgehead atoms. The molecule has 0 radical (unpaired) electrons. The number of benzene rings is 1. The third-order valence-corrected chi connectivity index (χ3v) is 3.46.